The van der Waals surface area contributed by atoms with Gasteiger partial charge in [-0.05, 0) is 18.2 Å². The zero-order valence-electron chi connectivity index (χ0n) is 13.0. The fourth-order valence-corrected chi connectivity index (χ4v) is 2.27. The van der Waals surface area contributed by atoms with E-state index in [-0.39, 0.29) is 26.6 Å². The minimum Gasteiger partial charge on any atom is -0.482 e. The van der Waals surface area contributed by atoms with Crippen LogP contribution in [0.2, 0.25) is 15.1 Å². The molecule has 0 saturated carbocycles. The van der Waals surface area contributed by atoms with E-state index in [4.69, 9.17) is 44.3 Å². The lowest BCUT2D eigenvalue weighted by Crippen LogP contribution is -2.45. The number of hydrogen-bond acceptors (Lipinski definition) is 4. The molecule has 2 rings (SSSR count). The van der Waals surface area contributed by atoms with Gasteiger partial charge in [0.2, 0.25) is 0 Å². The average molecular weight is 422 g/mol. The summed E-state index contributed by atoms with van der Waals surface area (Å²) in [6.45, 7) is -0.924. The Kier molecular flexibility index (Phi) is 7.32. The topological polar surface area (TPSA) is 76.7 Å². The first-order valence-electron chi connectivity index (χ1n) is 7.09. The van der Waals surface area contributed by atoms with Gasteiger partial charge in [0.25, 0.3) is 11.8 Å². The quantitative estimate of drug-likeness (QED) is 0.554. The van der Waals surface area contributed by atoms with Crippen LogP contribution in [0.3, 0.4) is 0 Å². The van der Waals surface area contributed by atoms with Crippen molar-refractivity contribution >= 4 is 46.6 Å². The van der Waals surface area contributed by atoms with Gasteiger partial charge in [-0.15, -0.1) is 0 Å². The molecule has 2 N–H and O–H groups in total. The van der Waals surface area contributed by atoms with Crippen LogP contribution >= 0.6 is 34.8 Å². The number of halogens is 4. The molecule has 2 aromatic carbocycles. The van der Waals surface area contributed by atoms with E-state index in [9.17, 15) is 14.0 Å². The summed E-state index contributed by atoms with van der Waals surface area (Å²) >= 11 is 17.5. The first-order valence-corrected chi connectivity index (χ1v) is 8.22. The molecule has 0 aliphatic carbocycles. The predicted octanol–water partition coefficient (Wildman–Crippen LogP) is 3.39. The van der Waals surface area contributed by atoms with E-state index in [0.717, 1.165) is 0 Å². The van der Waals surface area contributed by atoms with Crippen LogP contribution in [0.25, 0.3) is 0 Å². The Morgan fingerprint density at radius 2 is 1.38 bits per heavy atom. The molecule has 26 heavy (non-hydrogen) atoms. The molecule has 0 unspecified atom stereocenters. The number of carbonyl (C=O) groups is 2. The predicted molar refractivity (Wildman–Crippen MR) is 95.1 cm³/mol. The van der Waals surface area contributed by atoms with Crippen molar-refractivity contribution in [1.29, 1.82) is 0 Å². The van der Waals surface area contributed by atoms with Crippen molar-refractivity contribution in [1.82, 2.24) is 10.9 Å². The van der Waals surface area contributed by atoms with E-state index in [1.165, 1.54) is 30.3 Å². The third-order valence-corrected chi connectivity index (χ3v) is 3.89. The van der Waals surface area contributed by atoms with Crippen molar-refractivity contribution in [2.24, 2.45) is 0 Å². The van der Waals surface area contributed by atoms with Crippen molar-refractivity contribution in [2.75, 3.05) is 13.2 Å². The zero-order valence-corrected chi connectivity index (χ0v) is 15.3. The average Bonchev–Trinajstić information content (AvgIpc) is 2.61. The van der Waals surface area contributed by atoms with Gasteiger partial charge in [0.1, 0.15) is 5.75 Å². The SMILES string of the molecule is O=C(COc1ccccc1F)NNC(=O)COc1cc(Cl)c(Cl)cc1Cl. The van der Waals surface area contributed by atoms with Crippen molar-refractivity contribution < 1.29 is 23.5 Å². The third kappa shape index (κ3) is 5.94. The second kappa shape index (κ2) is 9.47. The summed E-state index contributed by atoms with van der Waals surface area (Å²) in [6.07, 6.45) is 0. The lowest BCUT2D eigenvalue weighted by molar-refractivity contribution is -0.131. The molecular weight excluding hydrogens is 410 g/mol. The summed E-state index contributed by atoms with van der Waals surface area (Å²) in [6, 6.07) is 8.35. The molecule has 0 aliphatic rings. The molecule has 0 spiro atoms. The van der Waals surface area contributed by atoms with Gasteiger partial charge in [0, 0.05) is 6.07 Å². The summed E-state index contributed by atoms with van der Waals surface area (Å²) in [5.74, 6) is -1.87. The van der Waals surface area contributed by atoms with E-state index in [1.807, 2.05) is 0 Å². The first kappa shape index (κ1) is 20.1. The lowest BCUT2D eigenvalue weighted by atomic mass is 10.3. The Morgan fingerprint density at radius 3 is 2.00 bits per heavy atom. The highest BCUT2D eigenvalue weighted by Gasteiger charge is 2.11. The van der Waals surface area contributed by atoms with Crippen molar-refractivity contribution in [3.05, 3.63) is 57.3 Å². The number of para-hydroxylation sites is 1. The van der Waals surface area contributed by atoms with Crippen LogP contribution in [0.1, 0.15) is 0 Å². The van der Waals surface area contributed by atoms with Gasteiger partial charge in [-0.1, -0.05) is 46.9 Å². The smallest absolute Gasteiger partial charge is 0.276 e. The number of amides is 2. The number of carbonyl (C=O) groups excluding carboxylic acids is 2. The highest BCUT2D eigenvalue weighted by atomic mass is 35.5. The number of hydrogen-bond donors (Lipinski definition) is 2. The summed E-state index contributed by atoms with van der Waals surface area (Å²) in [5.41, 5.74) is 4.21. The van der Waals surface area contributed by atoms with Crippen molar-refractivity contribution in [2.45, 2.75) is 0 Å². The van der Waals surface area contributed by atoms with E-state index >= 15 is 0 Å². The second-order valence-electron chi connectivity index (χ2n) is 4.80. The maximum Gasteiger partial charge on any atom is 0.276 e. The van der Waals surface area contributed by atoms with Crippen LogP contribution in [-0.4, -0.2) is 25.0 Å². The normalized spacial score (nSPS) is 10.2. The molecule has 0 saturated heterocycles. The number of ether oxygens (including phenoxy) is 2. The van der Waals surface area contributed by atoms with E-state index in [0.29, 0.717) is 0 Å². The maximum atomic E-state index is 13.3. The largest absolute Gasteiger partial charge is 0.482 e. The Hall–Kier alpha value is -2.22. The Morgan fingerprint density at radius 1 is 0.846 bits per heavy atom. The Balaban J connectivity index is 1.74. The zero-order chi connectivity index (χ0) is 19.1. The molecule has 0 bridgehead atoms. The number of benzene rings is 2. The van der Waals surface area contributed by atoms with Gasteiger partial charge < -0.3 is 9.47 Å². The van der Waals surface area contributed by atoms with Crippen LogP contribution < -0.4 is 20.3 Å². The standard InChI is InChI=1S/C16H12Cl3FN2O4/c17-9-5-11(19)14(6-10(9)18)26-8-16(24)22-21-15(23)7-25-13-4-2-1-3-12(13)20/h1-6H,7-8H2,(H,21,23)(H,22,24). The monoisotopic (exact) mass is 420 g/mol. The summed E-state index contributed by atoms with van der Waals surface area (Å²) in [4.78, 5) is 23.2. The fraction of sp³-hybridized carbons (Fsp3) is 0.125. The lowest BCUT2D eigenvalue weighted by Gasteiger charge is -2.11. The molecule has 0 heterocycles. The van der Waals surface area contributed by atoms with Crippen LogP contribution in [0, 0.1) is 5.82 Å². The van der Waals surface area contributed by atoms with Crippen LogP contribution in [0.15, 0.2) is 36.4 Å². The Labute approximate surface area is 163 Å². The highest BCUT2D eigenvalue weighted by Crippen LogP contribution is 2.33. The maximum absolute atomic E-state index is 13.3. The van der Waals surface area contributed by atoms with Crippen molar-refractivity contribution in [3.63, 3.8) is 0 Å². The van der Waals surface area contributed by atoms with Gasteiger partial charge >= 0.3 is 0 Å². The molecule has 0 aromatic heterocycles. The molecular formula is C16H12Cl3FN2O4. The van der Waals surface area contributed by atoms with E-state index < -0.39 is 30.8 Å². The molecule has 0 atom stereocenters. The van der Waals surface area contributed by atoms with Gasteiger partial charge in [-0.25, -0.2) is 4.39 Å². The molecule has 0 aliphatic heterocycles. The Bertz CT molecular complexity index is 820. The minimum atomic E-state index is -0.686. The number of rotatable bonds is 6. The summed E-state index contributed by atoms with van der Waals surface area (Å²) in [7, 11) is 0. The second-order valence-corrected chi connectivity index (χ2v) is 6.02. The third-order valence-electron chi connectivity index (χ3n) is 2.87. The number of hydrazine groups is 1. The van der Waals surface area contributed by atoms with Gasteiger partial charge in [-0.2, -0.15) is 0 Å². The molecule has 0 radical (unpaired) electrons. The minimum absolute atomic E-state index is 0.0773. The number of nitrogens with one attached hydrogen (secondary N) is 2. The highest BCUT2D eigenvalue weighted by molar-refractivity contribution is 6.43. The molecule has 2 aromatic rings. The molecule has 10 heteroatoms. The molecule has 2 amide bonds. The van der Waals surface area contributed by atoms with E-state index in [1.54, 1.807) is 6.07 Å². The molecule has 6 nitrogen and oxygen atoms in total. The van der Waals surface area contributed by atoms with Crippen molar-refractivity contribution in [3.8, 4) is 11.5 Å². The summed E-state index contributed by atoms with van der Waals surface area (Å²) in [5, 5.41) is 0.634. The van der Waals surface area contributed by atoms with Crippen LogP contribution in [0.5, 0.6) is 11.5 Å². The van der Waals surface area contributed by atoms with Gasteiger partial charge in [0.05, 0.1) is 15.1 Å². The molecule has 138 valence electrons. The summed E-state index contributed by atoms with van der Waals surface area (Å²) < 4.78 is 23.5. The van der Waals surface area contributed by atoms with Crippen LogP contribution in [0.4, 0.5) is 4.39 Å². The van der Waals surface area contributed by atoms with Crippen LogP contribution in [-0.2, 0) is 9.59 Å². The first-order chi connectivity index (χ1) is 12.4. The van der Waals surface area contributed by atoms with Gasteiger partial charge in [-0.3, -0.25) is 20.4 Å². The molecule has 0 fully saturated rings. The fourth-order valence-electron chi connectivity index (χ4n) is 1.67. The van der Waals surface area contributed by atoms with Gasteiger partial charge in [0.15, 0.2) is 24.8 Å². The van der Waals surface area contributed by atoms with E-state index in [2.05, 4.69) is 10.9 Å².